The third-order valence-corrected chi connectivity index (χ3v) is 3.69. The number of hydrogen-bond donors (Lipinski definition) is 2. The summed E-state index contributed by atoms with van der Waals surface area (Å²) in [5, 5.41) is 12.2. The summed E-state index contributed by atoms with van der Waals surface area (Å²) in [6.45, 7) is 2.98. The second-order valence-corrected chi connectivity index (χ2v) is 5.38. The summed E-state index contributed by atoms with van der Waals surface area (Å²) >= 11 is 6.17. The number of halogens is 1. The number of carboxylic acid groups (broad SMARTS) is 1. The molecule has 112 valence electrons. The highest BCUT2D eigenvalue weighted by Crippen LogP contribution is 2.31. The maximum atomic E-state index is 11.1. The van der Waals surface area contributed by atoms with E-state index in [0.717, 1.165) is 24.7 Å². The molecule has 6 heteroatoms. The van der Waals surface area contributed by atoms with Crippen LogP contribution in [0.4, 0.5) is 5.69 Å². The van der Waals surface area contributed by atoms with E-state index >= 15 is 0 Å². The molecule has 0 bridgehead atoms. The maximum Gasteiger partial charge on any atom is 0.328 e. The molecule has 1 aliphatic heterocycles. The lowest BCUT2D eigenvalue weighted by molar-refractivity contribution is -0.131. The fraction of sp³-hybridized carbons (Fsp3) is 0.333. The van der Waals surface area contributed by atoms with Gasteiger partial charge in [-0.15, -0.1) is 0 Å². The van der Waals surface area contributed by atoms with E-state index in [1.165, 1.54) is 13.0 Å². The Kier molecular flexibility index (Phi) is 4.85. The number of nitrogens with one attached hydrogen (secondary N) is 1. The van der Waals surface area contributed by atoms with Crippen LogP contribution in [-0.2, 0) is 9.59 Å². The Bertz CT molecular complexity index is 586. The van der Waals surface area contributed by atoms with Crippen LogP contribution in [0.2, 0.25) is 5.02 Å². The molecule has 1 aromatic rings. The first kappa shape index (κ1) is 15.4. The van der Waals surface area contributed by atoms with E-state index in [1.807, 2.05) is 12.1 Å². The lowest BCUT2D eigenvalue weighted by atomic mass is 10.1. The largest absolute Gasteiger partial charge is 0.478 e. The van der Waals surface area contributed by atoms with E-state index in [-0.39, 0.29) is 11.9 Å². The van der Waals surface area contributed by atoms with Crippen molar-refractivity contribution in [3.05, 3.63) is 34.9 Å². The molecule has 5 nitrogen and oxygen atoms in total. The monoisotopic (exact) mass is 308 g/mol. The summed E-state index contributed by atoms with van der Waals surface area (Å²) < 4.78 is 0. The Labute approximate surface area is 128 Å². The van der Waals surface area contributed by atoms with Crippen molar-refractivity contribution in [2.75, 3.05) is 18.0 Å². The number of aliphatic carboxylic acids is 1. The van der Waals surface area contributed by atoms with Gasteiger partial charge in [0.2, 0.25) is 5.91 Å². The fourth-order valence-corrected chi connectivity index (χ4v) is 2.74. The minimum Gasteiger partial charge on any atom is -0.478 e. The zero-order valence-corrected chi connectivity index (χ0v) is 12.4. The fourth-order valence-electron chi connectivity index (χ4n) is 2.51. The van der Waals surface area contributed by atoms with Crippen molar-refractivity contribution in [2.24, 2.45) is 0 Å². The van der Waals surface area contributed by atoms with Gasteiger partial charge >= 0.3 is 5.97 Å². The predicted molar refractivity (Wildman–Crippen MR) is 82.6 cm³/mol. The maximum absolute atomic E-state index is 11.1. The number of amides is 1. The SMILES string of the molecule is CC(=O)NC1CCN(c2cccc(Cl)c2/C=C/C(=O)O)C1. The molecule has 1 unspecified atom stereocenters. The predicted octanol–water partition coefficient (Wildman–Crippen LogP) is 2.15. The van der Waals surface area contributed by atoms with Gasteiger partial charge in [0.25, 0.3) is 0 Å². The summed E-state index contributed by atoms with van der Waals surface area (Å²) in [6.07, 6.45) is 3.44. The third kappa shape index (κ3) is 3.98. The zero-order chi connectivity index (χ0) is 15.4. The highest BCUT2D eigenvalue weighted by atomic mass is 35.5. The summed E-state index contributed by atoms with van der Waals surface area (Å²) in [7, 11) is 0. The van der Waals surface area contributed by atoms with E-state index in [9.17, 15) is 9.59 Å². The Morgan fingerprint density at radius 2 is 2.24 bits per heavy atom. The van der Waals surface area contributed by atoms with Crippen LogP contribution in [0.1, 0.15) is 18.9 Å². The number of hydrogen-bond acceptors (Lipinski definition) is 3. The van der Waals surface area contributed by atoms with Crippen LogP contribution in [0.3, 0.4) is 0 Å². The van der Waals surface area contributed by atoms with Crippen molar-refractivity contribution in [3.63, 3.8) is 0 Å². The minimum atomic E-state index is -1.02. The molecule has 0 saturated carbocycles. The van der Waals surface area contributed by atoms with Crippen molar-refractivity contribution < 1.29 is 14.7 Å². The molecule has 0 radical (unpaired) electrons. The summed E-state index contributed by atoms with van der Waals surface area (Å²) in [4.78, 5) is 23.9. The smallest absolute Gasteiger partial charge is 0.328 e. The lowest BCUT2D eigenvalue weighted by Crippen LogP contribution is -2.35. The molecule has 2 rings (SSSR count). The molecule has 1 saturated heterocycles. The average molecular weight is 309 g/mol. The lowest BCUT2D eigenvalue weighted by Gasteiger charge is -2.21. The molecule has 0 aliphatic carbocycles. The van der Waals surface area contributed by atoms with Gasteiger partial charge in [-0.25, -0.2) is 4.79 Å². The molecule has 1 aromatic carbocycles. The molecule has 0 aromatic heterocycles. The number of benzene rings is 1. The van der Waals surface area contributed by atoms with Crippen molar-refractivity contribution in [2.45, 2.75) is 19.4 Å². The zero-order valence-electron chi connectivity index (χ0n) is 11.7. The van der Waals surface area contributed by atoms with Crippen molar-refractivity contribution in [1.29, 1.82) is 0 Å². The molecule has 1 aliphatic rings. The van der Waals surface area contributed by atoms with Crippen LogP contribution in [-0.4, -0.2) is 36.1 Å². The molecule has 1 atom stereocenters. The number of rotatable bonds is 4. The Morgan fingerprint density at radius 3 is 2.90 bits per heavy atom. The van der Waals surface area contributed by atoms with Crippen molar-refractivity contribution in [1.82, 2.24) is 5.32 Å². The first-order chi connectivity index (χ1) is 9.97. The molecule has 1 heterocycles. The molecule has 2 N–H and O–H groups in total. The van der Waals surface area contributed by atoms with Gasteiger partial charge in [-0.1, -0.05) is 17.7 Å². The average Bonchev–Trinajstić information content (AvgIpc) is 2.84. The quantitative estimate of drug-likeness (QED) is 0.836. The number of nitrogens with zero attached hydrogens (tertiary/aromatic N) is 1. The number of carbonyl (C=O) groups is 2. The van der Waals surface area contributed by atoms with E-state index in [0.29, 0.717) is 17.1 Å². The van der Waals surface area contributed by atoms with Crippen molar-refractivity contribution in [3.8, 4) is 0 Å². The van der Waals surface area contributed by atoms with Crippen LogP contribution in [0.25, 0.3) is 6.08 Å². The van der Waals surface area contributed by atoms with Crippen LogP contribution in [0.5, 0.6) is 0 Å². The highest BCUT2D eigenvalue weighted by Gasteiger charge is 2.24. The van der Waals surface area contributed by atoms with Gasteiger partial charge in [-0.2, -0.15) is 0 Å². The second kappa shape index (κ2) is 6.63. The molecule has 1 amide bonds. The van der Waals surface area contributed by atoms with Gasteiger partial charge in [-0.3, -0.25) is 4.79 Å². The van der Waals surface area contributed by atoms with E-state index < -0.39 is 5.97 Å². The molecule has 21 heavy (non-hydrogen) atoms. The van der Waals surface area contributed by atoms with E-state index in [2.05, 4.69) is 10.2 Å². The Hall–Kier alpha value is -2.01. The minimum absolute atomic E-state index is 0.0426. The van der Waals surface area contributed by atoms with Gasteiger partial charge in [-0.05, 0) is 24.6 Å². The molecular weight excluding hydrogens is 292 g/mol. The Morgan fingerprint density at radius 1 is 1.48 bits per heavy atom. The summed E-state index contributed by atoms with van der Waals surface area (Å²) in [6, 6.07) is 5.58. The summed E-state index contributed by atoms with van der Waals surface area (Å²) in [5.41, 5.74) is 1.57. The second-order valence-electron chi connectivity index (χ2n) is 4.98. The summed E-state index contributed by atoms with van der Waals surface area (Å²) in [5.74, 6) is -1.06. The number of carboxylic acids is 1. The van der Waals surface area contributed by atoms with Crippen LogP contribution >= 0.6 is 11.6 Å². The van der Waals surface area contributed by atoms with Gasteiger partial charge < -0.3 is 15.3 Å². The van der Waals surface area contributed by atoms with E-state index in [1.54, 1.807) is 6.07 Å². The third-order valence-electron chi connectivity index (χ3n) is 3.36. The standard InChI is InChI=1S/C15H17ClN2O3/c1-10(19)17-11-7-8-18(9-11)14-4-2-3-13(16)12(14)5-6-15(20)21/h2-6,11H,7-9H2,1H3,(H,17,19)(H,20,21)/b6-5+. The molecule has 1 fully saturated rings. The van der Waals surface area contributed by atoms with Crippen LogP contribution < -0.4 is 10.2 Å². The van der Waals surface area contributed by atoms with Gasteiger partial charge in [0.05, 0.1) is 0 Å². The molecular formula is C15H17ClN2O3. The first-order valence-electron chi connectivity index (χ1n) is 6.69. The van der Waals surface area contributed by atoms with Gasteiger partial charge in [0, 0.05) is 48.4 Å². The van der Waals surface area contributed by atoms with Crippen LogP contribution in [0, 0.1) is 0 Å². The topological polar surface area (TPSA) is 69.6 Å². The number of anilines is 1. The van der Waals surface area contributed by atoms with E-state index in [4.69, 9.17) is 16.7 Å². The van der Waals surface area contributed by atoms with Crippen LogP contribution in [0.15, 0.2) is 24.3 Å². The normalized spacial score (nSPS) is 18.2. The van der Waals surface area contributed by atoms with Crippen molar-refractivity contribution >= 4 is 35.2 Å². The van der Waals surface area contributed by atoms with Gasteiger partial charge in [0.15, 0.2) is 0 Å². The molecule has 0 spiro atoms. The first-order valence-corrected chi connectivity index (χ1v) is 7.06. The van der Waals surface area contributed by atoms with Gasteiger partial charge in [0.1, 0.15) is 0 Å². The highest BCUT2D eigenvalue weighted by molar-refractivity contribution is 6.32. The number of carbonyl (C=O) groups excluding carboxylic acids is 1. The Balaban J connectivity index is 2.22.